The highest BCUT2D eigenvalue weighted by Crippen LogP contribution is 2.30. The summed E-state index contributed by atoms with van der Waals surface area (Å²) in [5.41, 5.74) is 1.40. The number of methoxy groups -OCH3 is 3. The van der Waals surface area contributed by atoms with E-state index in [2.05, 4.69) is 22.1 Å². The Morgan fingerprint density at radius 3 is 1.82 bits per heavy atom. The number of alkyl halides is 3. The van der Waals surface area contributed by atoms with Gasteiger partial charge in [0, 0.05) is 5.75 Å². The summed E-state index contributed by atoms with van der Waals surface area (Å²) < 4.78 is 72.1. The van der Waals surface area contributed by atoms with Crippen molar-refractivity contribution in [1.29, 1.82) is 0 Å². The van der Waals surface area contributed by atoms with E-state index in [1.807, 2.05) is 24.3 Å². The Bertz CT molecular complexity index is 1250. The average Bonchev–Trinajstić information content (AvgIpc) is 2.93. The summed E-state index contributed by atoms with van der Waals surface area (Å²) in [6.45, 7) is 0. The van der Waals surface area contributed by atoms with E-state index in [9.17, 15) is 31.5 Å². The van der Waals surface area contributed by atoms with Gasteiger partial charge >= 0.3 is 18.1 Å². The molecule has 6 nitrogen and oxygen atoms in total. The number of thiol groups is 1. The van der Waals surface area contributed by atoms with E-state index in [1.165, 1.54) is 56.3 Å². The Kier molecular flexibility index (Phi) is 14.1. The van der Waals surface area contributed by atoms with E-state index in [1.54, 1.807) is 13.2 Å². The maximum atomic E-state index is 13.9. The quantitative estimate of drug-likeness (QED) is 0.115. The third-order valence-electron chi connectivity index (χ3n) is 4.44. The van der Waals surface area contributed by atoms with Crippen LogP contribution in [0.3, 0.4) is 0 Å². The first kappa shape index (κ1) is 33.4. The van der Waals surface area contributed by atoms with Gasteiger partial charge in [-0.1, -0.05) is 24.3 Å². The zero-order valence-electron chi connectivity index (χ0n) is 20.8. The zero-order chi connectivity index (χ0) is 29.6. The number of ether oxygens (including phenoxy) is 3. The van der Waals surface area contributed by atoms with Gasteiger partial charge in [-0.05, 0) is 42.0 Å². The van der Waals surface area contributed by atoms with Crippen LogP contribution in [0.25, 0.3) is 0 Å². The maximum Gasteiger partial charge on any atom is 0.446 e. The molecule has 3 aromatic rings. The van der Waals surface area contributed by atoms with Gasteiger partial charge in [-0.2, -0.15) is 13.2 Å². The number of halogens is 5. The molecule has 0 amide bonds. The smallest absolute Gasteiger partial charge is 0.446 e. The lowest BCUT2D eigenvalue weighted by Crippen LogP contribution is -2.07. The summed E-state index contributed by atoms with van der Waals surface area (Å²) in [6, 6.07) is 16.0. The largest absolute Gasteiger partial charge is 0.497 e. The predicted octanol–water partition coefficient (Wildman–Crippen LogP) is 6.56. The predicted molar refractivity (Wildman–Crippen MR) is 137 cm³/mol. The second kappa shape index (κ2) is 16.4. The van der Waals surface area contributed by atoms with Crippen molar-refractivity contribution in [3.8, 4) is 5.75 Å². The lowest BCUT2D eigenvalue weighted by atomic mass is 10.2. The monoisotopic (exact) mass is 590 g/mol. The van der Waals surface area contributed by atoms with E-state index in [0.29, 0.717) is 10.6 Å². The molecule has 13 heteroatoms. The van der Waals surface area contributed by atoms with Crippen molar-refractivity contribution in [1.82, 2.24) is 0 Å². The Morgan fingerprint density at radius 2 is 1.33 bits per heavy atom. The Morgan fingerprint density at radius 1 is 0.846 bits per heavy atom. The fourth-order valence-corrected chi connectivity index (χ4v) is 3.85. The highest BCUT2D eigenvalue weighted by molar-refractivity contribution is 7.98. The molecular weight excluding hydrogens is 567 g/mol. The minimum Gasteiger partial charge on any atom is -0.497 e. The van der Waals surface area contributed by atoms with Crippen LogP contribution in [0.15, 0.2) is 70.5 Å². The first-order valence-electron chi connectivity index (χ1n) is 10.6. The molecular formula is C26H23F5O6S2. The van der Waals surface area contributed by atoms with Crippen molar-refractivity contribution >= 4 is 42.6 Å². The van der Waals surface area contributed by atoms with Gasteiger partial charge in [0.05, 0.1) is 42.2 Å². The van der Waals surface area contributed by atoms with E-state index in [-0.39, 0.29) is 16.0 Å². The Hall–Kier alpha value is -3.58. The van der Waals surface area contributed by atoms with Gasteiger partial charge in [0.2, 0.25) is 6.29 Å². The van der Waals surface area contributed by atoms with Crippen molar-refractivity contribution in [2.45, 2.75) is 21.7 Å². The van der Waals surface area contributed by atoms with Crippen LogP contribution in [-0.2, 0) is 20.0 Å². The molecule has 0 spiro atoms. The first-order valence-corrected chi connectivity index (χ1v) is 12.0. The summed E-state index contributed by atoms with van der Waals surface area (Å²) in [5.74, 6) is -0.747. The van der Waals surface area contributed by atoms with Crippen molar-refractivity contribution in [3.63, 3.8) is 0 Å². The van der Waals surface area contributed by atoms with E-state index in [4.69, 9.17) is 9.53 Å². The molecule has 0 radical (unpaired) electrons. The number of aldehydes is 1. The highest BCUT2D eigenvalue weighted by Gasteiger charge is 2.25. The molecule has 0 fully saturated rings. The van der Waals surface area contributed by atoms with Crippen LogP contribution in [0.5, 0.6) is 5.75 Å². The molecule has 0 aliphatic rings. The molecule has 0 heterocycles. The average molecular weight is 591 g/mol. The number of carbonyl (C=O) groups excluding carboxylic acids is 3. The molecule has 0 bridgehead atoms. The minimum absolute atomic E-state index is 0.0179. The fourth-order valence-electron chi connectivity index (χ4n) is 2.59. The molecule has 0 aliphatic heterocycles. The molecule has 0 aromatic heterocycles. The standard InChI is InChI=1S/C16H15FO3S.C8H7FO2S.C2HF3O/c1-19-12-8-6-11(7-9-12)10-21-15-13(16(18)20-2)4-3-5-14(15)17;1-11-8(10)5-3-2-4-6(9)7(5)12;3-2(4,5)1-6/h3-9H,10H2,1-2H3;2-4,12H,1H3;1H. The van der Waals surface area contributed by atoms with E-state index < -0.39 is 36.0 Å². The summed E-state index contributed by atoms with van der Waals surface area (Å²) in [5, 5.41) is 0. The van der Waals surface area contributed by atoms with E-state index in [0.717, 1.165) is 11.3 Å². The third-order valence-corrected chi connectivity index (χ3v) is 6.08. The Labute approximate surface area is 230 Å². The number of hydrogen-bond donors (Lipinski definition) is 1. The number of carbonyl (C=O) groups is 3. The van der Waals surface area contributed by atoms with Crippen molar-refractivity contribution in [2.75, 3.05) is 21.3 Å². The summed E-state index contributed by atoms with van der Waals surface area (Å²) in [7, 11) is 4.12. The van der Waals surface area contributed by atoms with Crippen molar-refractivity contribution < 1.29 is 50.5 Å². The van der Waals surface area contributed by atoms with Crippen LogP contribution in [0, 0.1) is 11.6 Å². The molecule has 0 saturated heterocycles. The summed E-state index contributed by atoms with van der Waals surface area (Å²) >= 11 is 5.10. The molecule has 210 valence electrons. The minimum atomic E-state index is -4.64. The van der Waals surface area contributed by atoms with Gasteiger partial charge in [-0.3, -0.25) is 4.79 Å². The van der Waals surface area contributed by atoms with Gasteiger partial charge < -0.3 is 14.2 Å². The third kappa shape index (κ3) is 11.4. The zero-order valence-corrected chi connectivity index (χ0v) is 22.5. The van der Waals surface area contributed by atoms with Crippen LogP contribution in [0.2, 0.25) is 0 Å². The molecule has 0 unspecified atom stereocenters. The SMILES string of the molecule is COC(=O)c1cccc(F)c1S.COC(=O)c1cccc(F)c1SCc1ccc(OC)cc1.O=CC(F)(F)F. The van der Waals surface area contributed by atoms with Gasteiger partial charge in [0.25, 0.3) is 0 Å². The molecule has 0 aliphatic carbocycles. The normalized spacial score (nSPS) is 10.2. The van der Waals surface area contributed by atoms with Gasteiger partial charge in [-0.25, -0.2) is 18.4 Å². The topological polar surface area (TPSA) is 78.9 Å². The van der Waals surface area contributed by atoms with Crippen LogP contribution >= 0.6 is 24.4 Å². The summed E-state index contributed by atoms with van der Waals surface area (Å²) in [4.78, 5) is 31.6. The molecule has 0 saturated carbocycles. The molecule has 39 heavy (non-hydrogen) atoms. The van der Waals surface area contributed by atoms with Crippen LogP contribution < -0.4 is 4.74 Å². The van der Waals surface area contributed by atoms with Crippen molar-refractivity contribution in [2.24, 2.45) is 0 Å². The molecule has 3 aromatic carbocycles. The Balaban J connectivity index is 0.000000355. The van der Waals surface area contributed by atoms with Crippen LogP contribution in [0.4, 0.5) is 22.0 Å². The van der Waals surface area contributed by atoms with E-state index >= 15 is 0 Å². The van der Waals surface area contributed by atoms with Crippen LogP contribution in [0.1, 0.15) is 26.3 Å². The number of hydrogen-bond acceptors (Lipinski definition) is 8. The highest BCUT2D eigenvalue weighted by atomic mass is 32.2. The number of rotatable bonds is 6. The van der Waals surface area contributed by atoms with Crippen LogP contribution in [-0.4, -0.2) is 45.7 Å². The van der Waals surface area contributed by atoms with Crippen molar-refractivity contribution in [3.05, 3.63) is 89.0 Å². The van der Waals surface area contributed by atoms with Gasteiger partial charge in [-0.15, -0.1) is 24.4 Å². The molecule has 0 atom stereocenters. The molecule has 0 N–H and O–H groups in total. The number of benzene rings is 3. The maximum absolute atomic E-state index is 13.9. The lowest BCUT2D eigenvalue weighted by molar-refractivity contribution is -0.156. The molecule has 3 rings (SSSR count). The second-order valence-electron chi connectivity index (χ2n) is 7.03. The first-order chi connectivity index (χ1) is 18.4. The van der Waals surface area contributed by atoms with Gasteiger partial charge in [0.15, 0.2) is 0 Å². The van der Waals surface area contributed by atoms with Gasteiger partial charge in [0.1, 0.15) is 17.4 Å². The lowest BCUT2D eigenvalue weighted by Gasteiger charge is -2.09. The summed E-state index contributed by atoms with van der Waals surface area (Å²) in [6.07, 6.45) is -5.70. The number of thioether (sulfide) groups is 1. The second-order valence-corrected chi connectivity index (χ2v) is 8.46. The number of esters is 2. The fraction of sp³-hybridized carbons (Fsp3) is 0.192.